The van der Waals surface area contributed by atoms with Crippen molar-refractivity contribution in [3.63, 3.8) is 0 Å². The molecule has 0 aromatic heterocycles. The van der Waals surface area contributed by atoms with Crippen LogP contribution in [0.2, 0.25) is 0 Å². The first-order chi connectivity index (χ1) is 10.1. The van der Waals surface area contributed by atoms with Crippen LogP contribution in [-0.2, 0) is 14.3 Å². The minimum Gasteiger partial charge on any atom is -0.479 e. The number of amides is 1. The predicted molar refractivity (Wildman–Crippen MR) is 80.3 cm³/mol. The average Bonchev–Trinajstić information content (AvgIpc) is 2.49. The lowest BCUT2D eigenvalue weighted by atomic mass is 9.97. The Hall–Kier alpha value is -1.53. The monoisotopic (exact) mass is 309 g/mol. The lowest BCUT2D eigenvalue weighted by Crippen LogP contribution is -2.52. The number of carboxylic acid groups (broad SMARTS) is 1. The van der Waals surface area contributed by atoms with Gasteiger partial charge in [-0.2, -0.15) is 0 Å². The largest absolute Gasteiger partial charge is 0.479 e. The maximum absolute atomic E-state index is 12.1. The molecule has 5 nitrogen and oxygen atoms in total. The van der Waals surface area contributed by atoms with Crippen molar-refractivity contribution in [2.45, 2.75) is 30.4 Å². The highest BCUT2D eigenvalue weighted by atomic mass is 32.2. The Labute approximate surface area is 128 Å². The molecule has 2 rings (SSSR count). The van der Waals surface area contributed by atoms with E-state index in [0.717, 1.165) is 16.9 Å². The van der Waals surface area contributed by atoms with Crippen LogP contribution in [0.4, 0.5) is 0 Å². The molecular weight excluding hydrogens is 290 g/mol. The van der Waals surface area contributed by atoms with Gasteiger partial charge < -0.3 is 14.7 Å². The van der Waals surface area contributed by atoms with Crippen LogP contribution in [0.15, 0.2) is 29.2 Å². The number of carbonyl (C=O) groups excluding carboxylic acids is 1. The Balaban J connectivity index is 2.37. The zero-order valence-corrected chi connectivity index (χ0v) is 12.9. The molecule has 0 bridgehead atoms. The van der Waals surface area contributed by atoms with E-state index >= 15 is 0 Å². The molecule has 1 aliphatic rings. The lowest BCUT2D eigenvalue weighted by Gasteiger charge is -2.39. The molecule has 0 radical (unpaired) electrons. The minimum atomic E-state index is -1.04. The Bertz CT molecular complexity index is 517. The average molecular weight is 309 g/mol. The highest BCUT2D eigenvalue weighted by molar-refractivity contribution is 7.98. The fourth-order valence-electron chi connectivity index (χ4n) is 2.52. The second kappa shape index (κ2) is 6.95. The SMILES string of the molecule is CCCN1C(=O)COC(C(=O)O)C1c1ccc(SC)cc1. The molecule has 1 amide bonds. The molecule has 2 atom stereocenters. The van der Waals surface area contributed by atoms with Crippen molar-refractivity contribution in [2.24, 2.45) is 0 Å². The Morgan fingerprint density at radius 3 is 2.62 bits per heavy atom. The van der Waals surface area contributed by atoms with Crippen LogP contribution in [0.5, 0.6) is 0 Å². The summed E-state index contributed by atoms with van der Waals surface area (Å²) in [6, 6.07) is 7.04. The van der Waals surface area contributed by atoms with Crippen molar-refractivity contribution in [2.75, 3.05) is 19.4 Å². The van der Waals surface area contributed by atoms with Gasteiger partial charge in [0.25, 0.3) is 0 Å². The van der Waals surface area contributed by atoms with Crippen LogP contribution in [0, 0.1) is 0 Å². The van der Waals surface area contributed by atoms with Crippen molar-refractivity contribution in [1.82, 2.24) is 4.90 Å². The van der Waals surface area contributed by atoms with Gasteiger partial charge in [0.2, 0.25) is 5.91 Å². The normalized spacial score (nSPS) is 22.4. The summed E-state index contributed by atoms with van der Waals surface area (Å²) < 4.78 is 5.26. The number of carbonyl (C=O) groups is 2. The molecule has 1 aliphatic heterocycles. The number of thioether (sulfide) groups is 1. The van der Waals surface area contributed by atoms with E-state index < -0.39 is 18.1 Å². The molecule has 0 spiro atoms. The summed E-state index contributed by atoms with van der Waals surface area (Å²) in [6.45, 7) is 2.32. The third kappa shape index (κ3) is 3.39. The maximum atomic E-state index is 12.1. The fraction of sp³-hybridized carbons (Fsp3) is 0.467. The Morgan fingerprint density at radius 2 is 2.10 bits per heavy atom. The molecular formula is C15H19NO4S. The highest BCUT2D eigenvalue weighted by Crippen LogP contribution is 2.31. The van der Waals surface area contributed by atoms with E-state index in [1.807, 2.05) is 37.4 Å². The van der Waals surface area contributed by atoms with Gasteiger partial charge in [-0.3, -0.25) is 4.79 Å². The van der Waals surface area contributed by atoms with E-state index in [4.69, 9.17) is 4.74 Å². The molecule has 1 fully saturated rings. The van der Waals surface area contributed by atoms with Gasteiger partial charge in [-0.25, -0.2) is 4.79 Å². The Morgan fingerprint density at radius 1 is 1.43 bits per heavy atom. The molecule has 6 heteroatoms. The zero-order valence-electron chi connectivity index (χ0n) is 12.1. The highest BCUT2D eigenvalue weighted by Gasteiger charge is 2.41. The number of hydrogen-bond acceptors (Lipinski definition) is 4. The molecule has 21 heavy (non-hydrogen) atoms. The van der Waals surface area contributed by atoms with Crippen molar-refractivity contribution >= 4 is 23.6 Å². The minimum absolute atomic E-state index is 0.159. The molecule has 1 saturated heterocycles. The quantitative estimate of drug-likeness (QED) is 0.844. The third-order valence-electron chi connectivity index (χ3n) is 3.49. The van der Waals surface area contributed by atoms with E-state index in [-0.39, 0.29) is 12.5 Å². The molecule has 114 valence electrons. The van der Waals surface area contributed by atoms with Gasteiger partial charge in [-0.05, 0) is 30.4 Å². The molecule has 1 N–H and O–H groups in total. The number of ether oxygens (including phenoxy) is 1. The number of nitrogens with zero attached hydrogens (tertiary/aromatic N) is 1. The summed E-state index contributed by atoms with van der Waals surface area (Å²) in [5.74, 6) is -1.20. The van der Waals surface area contributed by atoms with E-state index in [1.165, 1.54) is 0 Å². The second-order valence-corrected chi connectivity index (χ2v) is 5.75. The number of morpholine rings is 1. The van der Waals surface area contributed by atoms with Crippen molar-refractivity contribution in [3.05, 3.63) is 29.8 Å². The fourth-order valence-corrected chi connectivity index (χ4v) is 2.93. The first-order valence-corrected chi connectivity index (χ1v) is 8.08. The Kier molecular flexibility index (Phi) is 5.25. The first-order valence-electron chi connectivity index (χ1n) is 6.86. The summed E-state index contributed by atoms with van der Waals surface area (Å²) in [6.07, 6.45) is 1.73. The molecule has 1 aromatic carbocycles. The predicted octanol–water partition coefficient (Wildman–Crippen LogP) is 2.17. The maximum Gasteiger partial charge on any atom is 0.335 e. The van der Waals surface area contributed by atoms with Gasteiger partial charge in [0.15, 0.2) is 6.10 Å². The van der Waals surface area contributed by atoms with Crippen LogP contribution in [0.3, 0.4) is 0 Å². The van der Waals surface area contributed by atoms with Gasteiger partial charge in [0.1, 0.15) is 6.61 Å². The molecule has 0 aliphatic carbocycles. The van der Waals surface area contributed by atoms with Gasteiger partial charge in [-0.15, -0.1) is 11.8 Å². The molecule has 2 unspecified atom stereocenters. The van der Waals surface area contributed by atoms with Gasteiger partial charge in [0.05, 0.1) is 6.04 Å². The van der Waals surface area contributed by atoms with E-state index in [2.05, 4.69) is 0 Å². The van der Waals surface area contributed by atoms with Crippen LogP contribution in [-0.4, -0.2) is 47.4 Å². The van der Waals surface area contributed by atoms with E-state index in [1.54, 1.807) is 16.7 Å². The third-order valence-corrected chi connectivity index (χ3v) is 4.24. The second-order valence-electron chi connectivity index (χ2n) is 4.87. The number of carboxylic acids is 1. The number of hydrogen-bond donors (Lipinski definition) is 1. The zero-order chi connectivity index (χ0) is 15.4. The van der Waals surface area contributed by atoms with E-state index in [9.17, 15) is 14.7 Å². The molecule has 1 aromatic rings. The van der Waals surface area contributed by atoms with Crippen LogP contribution < -0.4 is 0 Å². The lowest BCUT2D eigenvalue weighted by molar-refractivity contribution is -0.173. The summed E-state index contributed by atoms with van der Waals surface area (Å²) >= 11 is 1.61. The first kappa shape index (κ1) is 15.9. The smallest absolute Gasteiger partial charge is 0.335 e. The van der Waals surface area contributed by atoms with E-state index in [0.29, 0.717) is 6.54 Å². The topological polar surface area (TPSA) is 66.8 Å². The molecule has 0 saturated carbocycles. The summed E-state index contributed by atoms with van der Waals surface area (Å²) in [5, 5.41) is 9.38. The van der Waals surface area contributed by atoms with Crippen LogP contribution in [0.1, 0.15) is 24.9 Å². The summed E-state index contributed by atoms with van der Waals surface area (Å²) in [5.41, 5.74) is 0.793. The summed E-state index contributed by atoms with van der Waals surface area (Å²) in [7, 11) is 0. The van der Waals surface area contributed by atoms with Gasteiger partial charge in [0, 0.05) is 11.4 Å². The van der Waals surface area contributed by atoms with Gasteiger partial charge in [-0.1, -0.05) is 19.1 Å². The standard InChI is InChI=1S/C15H19NO4S/c1-3-8-16-12(17)9-20-14(15(18)19)13(16)10-4-6-11(21-2)7-5-10/h4-7,13-14H,3,8-9H2,1-2H3,(H,18,19). The van der Waals surface area contributed by atoms with Gasteiger partial charge >= 0.3 is 5.97 Å². The number of benzene rings is 1. The molecule has 1 heterocycles. The number of rotatable bonds is 5. The van der Waals surface area contributed by atoms with Crippen molar-refractivity contribution < 1.29 is 19.4 Å². The van der Waals surface area contributed by atoms with Crippen LogP contribution in [0.25, 0.3) is 0 Å². The van der Waals surface area contributed by atoms with Crippen molar-refractivity contribution in [1.29, 1.82) is 0 Å². The number of aliphatic carboxylic acids is 1. The van der Waals surface area contributed by atoms with Crippen LogP contribution >= 0.6 is 11.8 Å². The summed E-state index contributed by atoms with van der Waals surface area (Å²) in [4.78, 5) is 26.2. The van der Waals surface area contributed by atoms with Crippen molar-refractivity contribution in [3.8, 4) is 0 Å².